The Kier molecular flexibility index (Phi) is 5.21. The van der Waals surface area contributed by atoms with Crippen LogP contribution in [0.2, 0.25) is 5.02 Å². The van der Waals surface area contributed by atoms with E-state index in [0.717, 1.165) is 55.5 Å². The van der Waals surface area contributed by atoms with Gasteiger partial charge in [0.05, 0.1) is 5.02 Å². The molecule has 0 aliphatic carbocycles. The van der Waals surface area contributed by atoms with Crippen LogP contribution in [0, 0.1) is 0 Å². The molecule has 3 aromatic rings. The van der Waals surface area contributed by atoms with E-state index in [1.807, 2.05) is 35.4 Å². The van der Waals surface area contributed by atoms with Crippen molar-refractivity contribution < 1.29 is 4.79 Å². The molecule has 3 heterocycles. The molecule has 4 rings (SSSR count). The van der Waals surface area contributed by atoms with Crippen molar-refractivity contribution in [3.63, 3.8) is 0 Å². The Morgan fingerprint density at radius 3 is 3.04 bits per heavy atom. The smallest absolute Gasteiger partial charge is 0.271 e. The maximum absolute atomic E-state index is 13.1. The van der Waals surface area contributed by atoms with Gasteiger partial charge in [-0.05, 0) is 25.3 Å². The van der Waals surface area contributed by atoms with E-state index in [1.165, 1.54) is 0 Å². The van der Waals surface area contributed by atoms with Gasteiger partial charge in [-0.3, -0.25) is 4.79 Å². The highest BCUT2D eigenvalue weighted by atomic mass is 35.5. The minimum absolute atomic E-state index is 0.0208. The molecule has 1 aromatic carbocycles. The van der Waals surface area contributed by atoms with Crippen LogP contribution >= 0.6 is 11.6 Å². The van der Waals surface area contributed by atoms with Crippen molar-refractivity contribution >= 4 is 28.4 Å². The largest absolute Gasteiger partial charge is 0.349 e. The molecule has 0 radical (unpaired) electrons. The number of piperidine rings is 1. The van der Waals surface area contributed by atoms with E-state index in [-0.39, 0.29) is 11.8 Å². The second kappa shape index (κ2) is 7.77. The molecule has 1 N–H and O–H groups in total. The lowest BCUT2D eigenvalue weighted by molar-refractivity contribution is 0.0698. The van der Waals surface area contributed by atoms with E-state index in [4.69, 9.17) is 11.6 Å². The highest BCUT2D eigenvalue weighted by Gasteiger charge is 2.30. The predicted octanol–water partition coefficient (Wildman–Crippen LogP) is 4.84. The van der Waals surface area contributed by atoms with Crippen LogP contribution in [0.3, 0.4) is 0 Å². The Bertz CT molecular complexity index is 945. The first kappa shape index (κ1) is 18.1. The van der Waals surface area contributed by atoms with E-state index < -0.39 is 0 Å². The van der Waals surface area contributed by atoms with Gasteiger partial charge in [-0.2, -0.15) is 0 Å². The van der Waals surface area contributed by atoms with E-state index in [9.17, 15) is 4.79 Å². The maximum Gasteiger partial charge on any atom is 0.271 e. The van der Waals surface area contributed by atoms with Crippen molar-refractivity contribution in [2.75, 3.05) is 13.1 Å². The van der Waals surface area contributed by atoms with Crippen molar-refractivity contribution in [3.8, 4) is 0 Å². The summed E-state index contributed by atoms with van der Waals surface area (Å²) in [5.41, 5.74) is 1.39. The van der Waals surface area contributed by atoms with E-state index in [0.29, 0.717) is 17.3 Å². The fraction of sp³-hybridized carbons (Fsp3) is 0.429. The van der Waals surface area contributed by atoms with Crippen LogP contribution in [0.15, 0.2) is 36.7 Å². The molecule has 0 spiro atoms. The molecule has 1 aliphatic heterocycles. The lowest BCUT2D eigenvalue weighted by Crippen LogP contribution is -2.40. The third-order valence-electron chi connectivity index (χ3n) is 5.43. The molecule has 1 aliphatic rings. The SMILES string of the molecule is CCCCn1ccnc1[C@H]1CCCN(C(=O)c2[nH]c3ccccc3c2Cl)C1. The lowest BCUT2D eigenvalue weighted by Gasteiger charge is -2.32. The van der Waals surface area contributed by atoms with Gasteiger partial charge >= 0.3 is 0 Å². The highest BCUT2D eigenvalue weighted by Crippen LogP contribution is 2.31. The summed E-state index contributed by atoms with van der Waals surface area (Å²) in [6, 6.07) is 7.76. The average molecular weight is 385 g/mol. The summed E-state index contributed by atoms with van der Waals surface area (Å²) in [7, 11) is 0. The fourth-order valence-corrected chi connectivity index (χ4v) is 4.28. The van der Waals surface area contributed by atoms with Crippen molar-refractivity contribution in [2.45, 2.75) is 45.1 Å². The summed E-state index contributed by atoms with van der Waals surface area (Å²) in [6.45, 7) is 4.64. The van der Waals surface area contributed by atoms with Gasteiger partial charge in [-0.1, -0.05) is 43.1 Å². The number of carbonyl (C=O) groups excluding carboxylic acids is 1. The number of benzene rings is 1. The van der Waals surface area contributed by atoms with Gasteiger partial charge in [0.15, 0.2) is 0 Å². The number of nitrogens with zero attached hydrogens (tertiary/aromatic N) is 3. The first-order valence-corrected chi connectivity index (χ1v) is 10.1. The van der Waals surface area contributed by atoms with Crippen LogP contribution in [0.5, 0.6) is 0 Å². The van der Waals surface area contributed by atoms with Gasteiger partial charge in [0, 0.05) is 48.8 Å². The van der Waals surface area contributed by atoms with Crippen LogP contribution < -0.4 is 0 Å². The quantitative estimate of drug-likeness (QED) is 0.684. The molecular weight excluding hydrogens is 360 g/mol. The second-order valence-electron chi connectivity index (χ2n) is 7.28. The van der Waals surface area contributed by atoms with Gasteiger partial charge in [0.2, 0.25) is 0 Å². The van der Waals surface area contributed by atoms with Crippen LogP contribution in [0.4, 0.5) is 0 Å². The number of aryl methyl sites for hydroxylation is 1. The summed E-state index contributed by atoms with van der Waals surface area (Å²) in [5.74, 6) is 1.36. The van der Waals surface area contributed by atoms with Crippen LogP contribution in [-0.2, 0) is 6.54 Å². The van der Waals surface area contributed by atoms with Crippen molar-refractivity contribution in [2.24, 2.45) is 0 Å². The van der Waals surface area contributed by atoms with Crippen LogP contribution in [0.25, 0.3) is 10.9 Å². The molecule has 0 bridgehead atoms. The van der Waals surface area contributed by atoms with Gasteiger partial charge in [-0.15, -0.1) is 0 Å². The summed E-state index contributed by atoms with van der Waals surface area (Å²) in [5, 5.41) is 1.41. The Morgan fingerprint density at radius 1 is 1.37 bits per heavy atom. The number of fused-ring (bicyclic) bond motifs is 1. The Hall–Kier alpha value is -2.27. The number of para-hydroxylation sites is 1. The third-order valence-corrected chi connectivity index (χ3v) is 5.82. The Labute approximate surface area is 164 Å². The molecule has 2 aromatic heterocycles. The number of halogens is 1. The standard InChI is InChI=1S/C21H25ClN4O/c1-2-3-11-25-13-10-23-20(25)15-7-6-12-26(14-15)21(27)19-18(22)16-8-4-5-9-17(16)24-19/h4-5,8-10,13,15,24H,2-3,6-7,11-12,14H2,1H3/t15-/m0/s1. The van der Waals surface area contributed by atoms with Crippen molar-refractivity contribution in [3.05, 3.63) is 53.2 Å². The molecular formula is C21H25ClN4O. The average Bonchev–Trinajstić information content (AvgIpc) is 3.31. The normalized spacial score (nSPS) is 17.6. The topological polar surface area (TPSA) is 53.9 Å². The lowest BCUT2D eigenvalue weighted by atomic mass is 9.96. The number of imidazole rings is 1. The maximum atomic E-state index is 13.1. The number of aromatic amines is 1. The summed E-state index contributed by atoms with van der Waals surface area (Å²) >= 11 is 6.49. The molecule has 0 unspecified atom stereocenters. The monoisotopic (exact) mass is 384 g/mol. The number of amides is 1. The first-order valence-electron chi connectivity index (χ1n) is 9.75. The van der Waals surface area contributed by atoms with Crippen LogP contribution in [0.1, 0.15) is 54.8 Å². The predicted molar refractivity (Wildman–Crippen MR) is 108 cm³/mol. The minimum atomic E-state index is -0.0208. The van der Waals surface area contributed by atoms with Gasteiger partial charge < -0.3 is 14.5 Å². The zero-order valence-corrected chi connectivity index (χ0v) is 16.4. The molecule has 1 atom stereocenters. The molecule has 27 heavy (non-hydrogen) atoms. The number of aromatic nitrogens is 3. The summed E-state index contributed by atoms with van der Waals surface area (Å²) in [6.07, 6.45) is 8.28. The van der Waals surface area contributed by atoms with E-state index in [2.05, 4.69) is 27.7 Å². The van der Waals surface area contributed by atoms with Crippen molar-refractivity contribution in [1.82, 2.24) is 19.4 Å². The molecule has 0 saturated carbocycles. The number of unbranched alkanes of at least 4 members (excludes halogenated alkanes) is 1. The van der Waals surface area contributed by atoms with Gasteiger partial charge in [0.25, 0.3) is 5.91 Å². The number of rotatable bonds is 5. The molecule has 5 nitrogen and oxygen atoms in total. The highest BCUT2D eigenvalue weighted by molar-refractivity contribution is 6.38. The zero-order valence-electron chi connectivity index (χ0n) is 15.6. The first-order chi connectivity index (χ1) is 13.2. The second-order valence-corrected chi connectivity index (χ2v) is 7.66. The number of likely N-dealkylation sites (tertiary alicyclic amines) is 1. The third kappa shape index (κ3) is 3.48. The van der Waals surface area contributed by atoms with Crippen LogP contribution in [-0.4, -0.2) is 38.4 Å². The summed E-state index contributed by atoms with van der Waals surface area (Å²) < 4.78 is 2.25. The van der Waals surface area contributed by atoms with E-state index >= 15 is 0 Å². The Morgan fingerprint density at radius 2 is 2.22 bits per heavy atom. The number of hydrogen-bond donors (Lipinski definition) is 1. The summed E-state index contributed by atoms with van der Waals surface area (Å²) in [4.78, 5) is 22.9. The minimum Gasteiger partial charge on any atom is -0.349 e. The van der Waals surface area contributed by atoms with Crippen molar-refractivity contribution in [1.29, 1.82) is 0 Å². The van der Waals surface area contributed by atoms with Gasteiger partial charge in [-0.25, -0.2) is 4.98 Å². The number of nitrogens with one attached hydrogen (secondary N) is 1. The Balaban J connectivity index is 1.55. The molecule has 1 saturated heterocycles. The molecule has 1 amide bonds. The fourth-order valence-electron chi connectivity index (χ4n) is 3.98. The molecule has 6 heteroatoms. The molecule has 1 fully saturated rings. The zero-order chi connectivity index (χ0) is 18.8. The van der Waals surface area contributed by atoms with E-state index in [1.54, 1.807) is 0 Å². The number of carbonyl (C=O) groups is 1. The number of H-pyrrole nitrogens is 1. The molecule has 142 valence electrons. The number of hydrogen-bond acceptors (Lipinski definition) is 2. The van der Waals surface area contributed by atoms with Gasteiger partial charge in [0.1, 0.15) is 11.5 Å².